The van der Waals surface area contributed by atoms with Crippen LogP contribution in [0.1, 0.15) is 42.2 Å². The van der Waals surface area contributed by atoms with Crippen molar-refractivity contribution in [3.63, 3.8) is 0 Å². The molecule has 34 heavy (non-hydrogen) atoms. The molecule has 5 rings (SSSR count). The molecule has 2 aliphatic rings. The summed E-state index contributed by atoms with van der Waals surface area (Å²) < 4.78 is 47.2. The molecule has 12 heteroatoms. The van der Waals surface area contributed by atoms with Crippen molar-refractivity contribution in [1.29, 1.82) is 0 Å². The van der Waals surface area contributed by atoms with Crippen molar-refractivity contribution in [1.82, 2.24) is 24.8 Å². The first-order chi connectivity index (χ1) is 16.2. The van der Waals surface area contributed by atoms with Crippen molar-refractivity contribution in [3.8, 4) is 0 Å². The average Bonchev–Trinajstić information content (AvgIpc) is 3.49. The quantitative estimate of drug-likeness (QED) is 0.539. The van der Waals surface area contributed by atoms with Gasteiger partial charge < -0.3 is 14.3 Å². The van der Waals surface area contributed by atoms with Gasteiger partial charge in [0.15, 0.2) is 23.3 Å². The number of hydrogen-bond acceptors (Lipinski definition) is 6. The summed E-state index contributed by atoms with van der Waals surface area (Å²) >= 11 is 0. The summed E-state index contributed by atoms with van der Waals surface area (Å²) in [5.74, 6) is -4.06. The van der Waals surface area contributed by atoms with Crippen LogP contribution in [0.4, 0.5) is 18.9 Å². The normalized spacial score (nSPS) is 20.2. The molecule has 2 amide bonds. The molecule has 2 aromatic heterocycles. The van der Waals surface area contributed by atoms with Gasteiger partial charge in [0, 0.05) is 31.8 Å². The van der Waals surface area contributed by atoms with Crippen LogP contribution in [0.25, 0.3) is 0 Å². The second-order valence-electron chi connectivity index (χ2n) is 8.66. The van der Waals surface area contributed by atoms with Crippen LogP contribution in [0.3, 0.4) is 0 Å². The van der Waals surface area contributed by atoms with Crippen molar-refractivity contribution in [3.05, 3.63) is 58.8 Å². The van der Waals surface area contributed by atoms with Crippen LogP contribution in [-0.2, 0) is 29.1 Å². The number of amides is 2. The number of fused-ring (bicyclic) bond motifs is 1. The van der Waals surface area contributed by atoms with E-state index in [9.17, 15) is 22.8 Å². The third-order valence-electron chi connectivity index (χ3n) is 6.26. The molecule has 2 atom stereocenters. The molecule has 0 radical (unpaired) electrons. The number of carbonyl (C=O) groups is 2. The highest BCUT2D eigenvalue weighted by Crippen LogP contribution is 2.34. The van der Waals surface area contributed by atoms with Crippen molar-refractivity contribution >= 4 is 17.5 Å². The van der Waals surface area contributed by atoms with E-state index in [1.807, 2.05) is 6.92 Å². The second-order valence-corrected chi connectivity index (χ2v) is 8.66. The molecule has 1 saturated heterocycles. The lowest BCUT2D eigenvalue weighted by Gasteiger charge is -2.35. The van der Waals surface area contributed by atoms with Gasteiger partial charge in [-0.25, -0.2) is 13.2 Å². The molecule has 0 bridgehead atoms. The minimum atomic E-state index is -1.57. The molecule has 9 nitrogen and oxygen atoms in total. The van der Waals surface area contributed by atoms with Gasteiger partial charge >= 0.3 is 0 Å². The number of benzene rings is 1. The van der Waals surface area contributed by atoms with E-state index in [0.29, 0.717) is 36.2 Å². The van der Waals surface area contributed by atoms with Gasteiger partial charge in [-0.1, -0.05) is 5.16 Å². The molecule has 178 valence electrons. The van der Waals surface area contributed by atoms with E-state index in [2.05, 4.69) is 15.2 Å². The molecule has 0 aliphatic carbocycles. The van der Waals surface area contributed by atoms with Gasteiger partial charge in [-0.3, -0.25) is 14.3 Å². The number of hydrogen-bond donors (Lipinski definition) is 0. The number of nitrogens with zero attached hydrogens (tertiary/aromatic N) is 6. The summed E-state index contributed by atoms with van der Waals surface area (Å²) in [5, 5.41) is 8.32. The molecule has 0 N–H and O–H groups in total. The van der Waals surface area contributed by atoms with Crippen molar-refractivity contribution in [2.75, 3.05) is 11.4 Å². The highest BCUT2D eigenvalue weighted by molar-refractivity contribution is 5.97. The third-order valence-corrected chi connectivity index (χ3v) is 6.26. The van der Waals surface area contributed by atoms with Crippen LogP contribution in [0.15, 0.2) is 22.9 Å². The van der Waals surface area contributed by atoms with Crippen molar-refractivity contribution in [2.24, 2.45) is 0 Å². The minimum Gasteiger partial charge on any atom is -0.340 e. The number of aromatic nitrogens is 4. The highest BCUT2D eigenvalue weighted by atomic mass is 19.2. The van der Waals surface area contributed by atoms with E-state index in [0.717, 1.165) is 12.1 Å². The summed E-state index contributed by atoms with van der Waals surface area (Å²) in [6.07, 6.45) is 1.54. The molecule has 0 spiro atoms. The maximum Gasteiger partial charge on any atom is 0.227 e. The van der Waals surface area contributed by atoms with Gasteiger partial charge in [-0.2, -0.15) is 10.1 Å². The Hall–Kier alpha value is -3.70. The van der Waals surface area contributed by atoms with E-state index in [1.165, 1.54) is 0 Å². The van der Waals surface area contributed by atoms with E-state index in [1.54, 1.807) is 27.6 Å². The van der Waals surface area contributed by atoms with E-state index >= 15 is 0 Å². The Bertz CT molecular complexity index is 1270. The lowest BCUT2D eigenvalue weighted by atomic mass is 10.1. The van der Waals surface area contributed by atoms with E-state index in [-0.39, 0.29) is 48.7 Å². The summed E-state index contributed by atoms with van der Waals surface area (Å²) in [4.78, 5) is 33.2. The number of rotatable bonds is 4. The fourth-order valence-corrected chi connectivity index (χ4v) is 4.53. The highest BCUT2D eigenvalue weighted by Gasteiger charge is 2.38. The summed E-state index contributed by atoms with van der Waals surface area (Å²) in [6.45, 7) is 4.43. The van der Waals surface area contributed by atoms with Gasteiger partial charge in [0.2, 0.25) is 17.7 Å². The zero-order valence-electron chi connectivity index (χ0n) is 18.5. The van der Waals surface area contributed by atoms with Crippen LogP contribution in [-0.4, -0.2) is 49.2 Å². The lowest BCUT2D eigenvalue weighted by Crippen LogP contribution is -2.46. The number of anilines is 1. The summed E-state index contributed by atoms with van der Waals surface area (Å²) in [6, 6.07) is 1.40. The number of carbonyl (C=O) groups excluding carboxylic acids is 2. The monoisotopic (exact) mass is 474 g/mol. The maximum atomic E-state index is 13.6. The first-order valence-corrected chi connectivity index (χ1v) is 10.8. The maximum absolute atomic E-state index is 13.6. The number of aryl methyl sites for hydroxylation is 1. The predicted octanol–water partition coefficient (Wildman–Crippen LogP) is 2.49. The Kier molecular flexibility index (Phi) is 5.37. The minimum absolute atomic E-state index is 0.0425. The number of halogens is 3. The fourth-order valence-electron chi connectivity index (χ4n) is 4.53. The molecular formula is C22H21F3N6O3. The zero-order chi connectivity index (χ0) is 24.1. The largest absolute Gasteiger partial charge is 0.340 e. The lowest BCUT2D eigenvalue weighted by molar-refractivity contribution is -0.134. The molecule has 1 aromatic carbocycles. The standard InChI is InChI=1S/C22H21F3N6O3/c1-11-8-31-18(10-29(11)19(32)5-13-3-15(23)21(25)16(24)4-13)17(7-26-31)30-9-14(6-20(30)33)22-27-12(2)34-28-22/h3-4,7,11,14H,5-6,8-10H2,1-2H3/t11-,14?/m0/s1. The second kappa shape index (κ2) is 8.26. The van der Waals surface area contributed by atoms with Crippen molar-refractivity contribution in [2.45, 2.75) is 51.7 Å². The molecule has 1 fully saturated rings. The van der Waals surface area contributed by atoms with Gasteiger partial charge in [-0.05, 0) is 24.6 Å². The predicted molar refractivity (Wildman–Crippen MR) is 111 cm³/mol. The first-order valence-electron chi connectivity index (χ1n) is 10.8. The van der Waals surface area contributed by atoms with Crippen molar-refractivity contribution < 1.29 is 27.3 Å². The SMILES string of the molecule is Cc1nc(C2CC(=O)N(c3cnn4c3CN(C(=O)Cc3cc(F)c(F)c(F)c3)[C@@H](C)C4)C2)no1. The van der Waals surface area contributed by atoms with E-state index < -0.39 is 17.5 Å². The Balaban J connectivity index is 1.36. The molecular weight excluding hydrogens is 453 g/mol. The van der Waals surface area contributed by atoms with Crippen LogP contribution < -0.4 is 4.90 Å². The van der Waals surface area contributed by atoms with Gasteiger partial charge in [0.05, 0.1) is 37.1 Å². The summed E-state index contributed by atoms with van der Waals surface area (Å²) in [5.41, 5.74) is 1.32. The first kappa shape index (κ1) is 22.1. The molecule has 3 aromatic rings. The average molecular weight is 474 g/mol. The third kappa shape index (κ3) is 3.82. The fraction of sp³-hybridized carbons (Fsp3) is 0.409. The smallest absolute Gasteiger partial charge is 0.227 e. The van der Waals surface area contributed by atoms with Gasteiger partial charge in [-0.15, -0.1) is 0 Å². The van der Waals surface area contributed by atoms with Crippen LogP contribution >= 0.6 is 0 Å². The van der Waals surface area contributed by atoms with Gasteiger partial charge in [0.1, 0.15) is 0 Å². The molecule has 0 saturated carbocycles. The Labute approximate surface area is 192 Å². The Morgan fingerprint density at radius 3 is 2.62 bits per heavy atom. The van der Waals surface area contributed by atoms with Crippen LogP contribution in [0.5, 0.6) is 0 Å². The molecule has 2 aliphatic heterocycles. The zero-order valence-corrected chi connectivity index (χ0v) is 18.5. The molecule has 1 unspecified atom stereocenters. The molecule has 4 heterocycles. The summed E-state index contributed by atoms with van der Waals surface area (Å²) in [7, 11) is 0. The topological polar surface area (TPSA) is 97.4 Å². The Morgan fingerprint density at radius 2 is 1.94 bits per heavy atom. The van der Waals surface area contributed by atoms with Crippen LogP contribution in [0, 0.1) is 24.4 Å². The van der Waals surface area contributed by atoms with Gasteiger partial charge in [0.25, 0.3) is 0 Å². The Morgan fingerprint density at radius 1 is 1.21 bits per heavy atom. The van der Waals surface area contributed by atoms with Crippen LogP contribution in [0.2, 0.25) is 0 Å². The van der Waals surface area contributed by atoms with E-state index in [4.69, 9.17) is 4.52 Å².